The summed E-state index contributed by atoms with van der Waals surface area (Å²) in [5, 5.41) is 12.0. The summed E-state index contributed by atoms with van der Waals surface area (Å²) in [6.07, 6.45) is 12.9. The number of nitrogens with two attached hydrogens (primary N) is 1. The van der Waals surface area contributed by atoms with Gasteiger partial charge in [-0.15, -0.1) is 10.2 Å². The number of methoxy groups -OCH3 is 1. The molecule has 8 heteroatoms. The van der Waals surface area contributed by atoms with Gasteiger partial charge in [0.2, 0.25) is 0 Å². The zero-order chi connectivity index (χ0) is 21.6. The SMILES string of the molecule is CN=C(C=CN)Nc1cc(-c2ccn3c(C[C@H](CCC4CC4)OC)nnc3c2)ccn1. The van der Waals surface area contributed by atoms with Crippen molar-refractivity contribution in [1.82, 2.24) is 19.6 Å². The van der Waals surface area contributed by atoms with Gasteiger partial charge in [-0.05, 0) is 66.4 Å². The van der Waals surface area contributed by atoms with E-state index in [1.165, 1.54) is 25.5 Å². The minimum absolute atomic E-state index is 0.179. The number of ether oxygens (including phenoxy) is 1. The highest BCUT2D eigenvalue weighted by atomic mass is 16.5. The predicted molar refractivity (Wildman–Crippen MR) is 123 cm³/mol. The highest BCUT2D eigenvalue weighted by Crippen LogP contribution is 2.34. The average Bonchev–Trinajstić information content (AvgIpc) is 3.55. The summed E-state index contributed by atoms with van der Waals surface area (Å²) in [6, 6.07) is 8.04. The Bertz CT molecular complexity index is 1080. The number of rotatable bonds is 9. The molecule has 1 aliphatic carbocycles. The van der Waals surface area contributed by atoms with Crippen molar-refractivity contribution in [2.24, 2.45) is 16.6 Å². The molecule has 3 aromatic heterocycles. The Morgan fingerprint density at radius 3 is 2.90 bits per heavy atom. The zero-order valence-corrected chi connectivity index (χ0v) is 18.0. The molecule has 0 unspecified atom stereocenters. The van der Waals surface area contributed by atoms with E-state index in [9.17, 15) is 0 Å². The number of pyridine rings is 2. The van der Waals surface area contributed by atoms with Crippen LogP contribution in [0.5, 0.6) is 0 Å². The molecular formula is C23H29N7O. The van der Waals surface area contributed by atoms with E-state index in [2.05, 4.69) is 31.6 Å². The molecule has 4 rings (SSSR count). The number of anilines is 1. The Morgan fingerprint density at radius 2 is 2.16 bits per heavy atom. The van der Waals surface area contributed by atoms with Crippen LogP contribution in [0.4, 0.5) is 5.82 Å². The first-order valence-corrected chi connectivity index (χ1v) is 10.6. The van der Waals surface area contributed by atoms with Gasteiger partial charge in [0.05, 0.1) is 6.10 Å². The lowest BCUT2D eigenvalue weighted by atomic mass is 10.1. The molecule has 8 nitrogen and oxygen atoms in total. The van der Waals surface area contributed by atoms with Crippen LogP contribution >= 0.6 is 0 Å². The average molecular weight is 420 g/mol. The van der Waals surface area contributed by atoms with Crippen molar-refractivity contribution in [2.75, 3.05) is 19.5 Å². The Kier molecular flexibility index (Phi) is 6.57. The van der Waals surface area contributed by atoms with Crippen molar-refractivity contribution < 1.29 is 4.74 Å². The predicted octanol–water partition coefficient (Wildman–Crippen LogP) is 3.45. The van der Waals surface area contributed by atoms with Crippen LogP contribution in [0.2, 0.25) is 0 Å². The monoisotopic (exact) mass is 419 g/mol. The lowest BCUT2D eigenvalue weighted by Gasteiger charge is -2.14. The Hall–Kier alpha value is -3.26. The van der Waals surface area contributed by atoms with Gasteiger partial charge in [0.1, 0.15) is 17.5 Å². The fourth-order valence-corrected chi connectivity index (χ4v) is 3.67. The van der Waals surface area contributed by atoms with E-state index >= 15 is 0 Å². The first-order chi connectivity index (χ1) is 15.2. The third kappa shape index (κ3) is 5.27. The lowest BCUT2D eigenvalue weighted by Crippen LogP contribution is -2.16. The summed E-state index contributed by atoms with van der Waals surface area (Å²) in [5.74, 6) is 3.16. The van der Waals surface area contributed by atoms with E-state index in [1.54, 1.807) is 26.4 Å². The van der Waals surface area contributed by atoms with E-state index < -0.39 is 0 Å². The van der Waals surface area contributed by atoms with Gasteiger partial charge < -0.3 is 15.8 Å². The maximum absolute atomic E-state index is 5.70. The number of aliphatic imine (C=N–C) groups is 1. The summed E-state index contributed by atoms with van der Waals surface area (Å²) >= 11 is 0. The topological polar surface area (TPSA) is 103 Å². The summed E-state index contributed by atoms with van der Waals surface area (Å²) in [4.78, 5) is 8.51. The van der Waals surface area contributed by atoms with Gasteiger partial charge in [0.25, 0.3) is 0 Å². The second-order valence-corrected chi connectivity index (χ2v) is 7.87. The Morgan fingerprint density at radius 1 is 1.32 bits per heavy atom. The zero-order valence-electron chi connectivity index (χ0n) is 18.0. The van der Waals surface area contributed by atoms with Gasteiger partial charge >= 0.3 is 0 Å². The molecule has 0 bridgehead atoms. The number of aromatic nitrogens is 4. The maximum atomic E-state index is 5.70. The number of hydrogen-bond acceptors (Lipinski definition) is 6. The minimum Gasteiger partial charge on any atom is -0.404 e. The van der Waals surface area contributed by atoms with Crippen LogP contribution in [0, 0.1) is 5.92 Å². The first-order valence-electron chi connectivity index (χ1n) is 10.6. The molecule has 0 aromatic carbocycles. The Labute approximate surface area is 182 Å². The van der Waals surface area contributed by atoms with Crippen LogP contribution in [0.15, 0.2) is 53.9 Å². The third-order valence-electron chi connectivity index (χ3n) is 5.66. The molecule has 0 radical (unpaired) electrons. The van der Waals surface area contributed by atoms with Gasteiger partial charge in [-0.1, -0.05) is 12.8 Å². The van der Waals surface area contributed by atoms with Crippen LogP contribution in [-0.4, -0.2) is 45.7 Å². The molecule has 31 heavy (non-hydrogen) atoms. The van der Waals surface area contributed by atoms with Gasteiger partial charge in [-0.2, -0.15) is 0 Å². The van der Waals surface area contributed by atoms with Crippen molar-refractivity contribution in [1.29, 1.82) is 0 Å². The minimum atomic E-state index is 0.179. The van der Waals surface area contributed by atoms with E-state index in [0.29, 0.717) is 11.7 Å². The fourth-order valence-electron chi connectivity index (χ4n) is 3.67. The molecule has 1 atom stereocenters. The molecule has 0 aliphatic heterocycles. The smallest absolute Gasteiger partial charge is 0.161 e. The number of hydrogen-bond donors (Lipinski definition) is 2. The van der Waals surface area contributed by atoms with Crippen molar-refractivity contribution in [3.05, 3.63) is 54.8 Å². The molecule has 162 valence electrons. The standard InChI is InChI=1S/C23H29N7O/c1-25-20(7-10-24)27-21-13-17(8-11-26-21)18-9-12-30-22(14-18)28-29-23(30)15-19(31-2)6-5-16-3-4-16/h7-14,16,19H,3-6,15,24H2,1-2H3,(H,25,26,27)/t19-/m0/s1. The van der Waals surface area contributed by atoms with Crippen LogP contribution in [0.1, 0.15) is 31.5 Å². The molecule has 0 spiro atoms. The number of amidine groups is 1. The molecule has 3 aromatic rings. The van der Waals surface area contributed by atoms with Crippen molar-refractivity contribution in [3.8, 4) is 11.1 Å². The quantitative estimate of drug-likeness (QED) is 0.407. The Balaban J connectivity index is 1.51. The van der Waals surface area contributed by atoms with Gasteiger partial charge in [-0.3, -0.25) is 9.39 Å². The van der Waals surface area contributed by atoms with Crippen molar-refractivity contribution >= 4 is 17.3 Å². The highest BCUT2D eigenvalue weighted by molar-refractivity contribution is 6.03. The molecule has 0 saturated heterocycles. The first kappa shape index (κ1) is 21.0. The molecule has 3 heterocycles. The number of nitrogens with zero attached hydrogens (tertiary/aromatic N) is 5. The second-order valence-electron chi connectivity index (χ2n) is 7.87. The van der Waals surface area contributed by atoms with E-state index in [0.717, 1.165) is 41.4 Å². The molecule has 1 aliphatic rings. The normalized spacial score (nSPS) is 15.6. The van der Waals surface area contributed by atoms with Crippen molar-refractivity contribution in [2.45, 2.75) is 38.2 Å². The van der Waals surface area contributed by atoms with E-state index in [1.807, 2.05) is 28.8 Å². The highest BCUT2D eigenvalue weighted by Gasteiger charge is 2.23. The lowest BCUT2D eigenvalue weighted by molar-refractivity contribution is 0.0905. The number of nitrogens with one attached hydrogen (secondary N) is 1. The van der Waals surface area contributed by atoms with Crippen LogP contribution < -0.4 is 11.1 Å². The summed E-state index contributed by atoms with van der Waals surface area (Å²) in [6.45, 7) is 0. The largest absolute Gasteiger partial charge is 0.404 e. The van der Waals surface area contributed by atoms with Crippen molar-refractivity contribution in [3.63, 3.8) is 0 Å². The third-order valence-corrected chi connectivity index (χ3v) is 5.66. The fraction of sp³-hybridized carbons (Fsp3) is 0.391. The second kappa shape index (κ2) is 9.70. The van der Waals surface area contributed by atoms with Gasteiger partial charge in [0.15, 0.2) is 5.65 Å². The summed E-state index contributed by atoms with van der Waals surface area (Å²) in [5.41, 5.74) is 8.34. The molecule has 1 fully saturated rings. The number of fused-ring (bicyclic) bond motifs is 1. The maximum Gasteiger partial charge on any atom is 0.161 e. The molecule has 3 N–H and O–H groups in total. The van der Waals surface area contributed by atoms with Gasteiger partial charge in [0, 0.05) is 33.0 Å². The molecule has 0 amide bonds. The van der Waals surface area contributed by atoms with E-state index in [4.69, 9.17) is 10.5 Å². The van der Waals surface area contributed by atoms with Crippen LogP contribution in [0.3, 0.4) is 0 Å². The van der Waals surface area contributed by atoms with Crippen LogP contribution in [0.25, 0.3) is 16.8 Å². The molecule has 1 saturated carbocycles. The molecular weight excluding hydrogens is 390 g/mol. The summed E-state index contributed by atoms with van der Waals surface area (Å²) < 4.78 is 7.74. The van der Waals surface area contributed by atoms with Gasteiger partial charge in [-0.25, -0.2) is 4.98 Å². The summed E-state index contributed by atoms with van der Waals surface area (Å²) in [7, 11) is 3.48. The van der Waals surface area contributed by atoms with Crippen LogP contribution in [-0.2, 0) is 11.2 Å². The van der Waals surface area contributed by atoms with E-state index in [-0.39, 0.29) is 6.10 Å².